The van der Waals surface area contributed by atoms with E-state index in [-0.39, 0.29) is 0 Å². The predicted octanol–water partition coefficient (Wildman–Crippen LogP) is 2.79. The number of rotatable bonds is 0. The van der Waals surface area contributed by atoms with E-state index in [4.69, 9.17) is 0 Å². The van der Waals surface area contributed by atoms with Crippen LogP contribution in [0, 0.1) is 11.7 Å². The van der Waals surface area contributed by atoms with Gasteiger partial charge in [-0.25, -0.2) is 0 Å². The van der Waals surface area contributed by atoms with Gasteiger partial charge in [0.05, 0.1) is 5.75 Å². The third-order valence-electron chi connectivity index (χ3n) is 1.75. The maximum atomic E-state index is 3.24. The van der Waals surface area contributed by atoms with Crippen LogP contribution in [-0.2, 0) is 0 Å². The third-order valence-corrected chi connectivity index (χ3v) is 2.48. The standard InChI is InChI=1S/C9H8S/c1-2-4-9-7-10-6-5-8(9)3-1/h1-4,7-8H,5H2. The Hall–Kier alpha value is -0.430. The lowest BCUT2D eigenvalue weighted by molar-refractivity contribution is 0.776. The Kier molecular flexibility index (Phi) is 1.68. The molecule has 2 aliphatic rings. The van der Waals surface area contributed by atoms with Gasteiger partial charge in [0, 0.05) is 5.92 Å². The number of thioether (sulfide) groups is 1. The van der Waals surface area contributed by atoms with Crippen LogP contribution in [0.2, 0.25) is 0 Å². The summed E-state index contributed by atoms with van der Waals surface area (Å²) in [6.07, 6.45) is 9.68. The molecule has 0 aromatic heterocycles. The highest BCUT2D eigenvalue weighted by Gasteiger charge is 2.14. The van der Waals surface area contributed by atoms with E-state index < -0.39 is 0 Å². The molecule has 2 rings (SSSR count). The van der Waals surface area contributed by atoms with Crippen molar-refractivity contribution in [3.8, 4) is 0 Å². The Morgan fingerprint density at radius 1 is 1.50 bits per heavy atom. The van der Waals surface area contributed by atoms with Crippen molar-refractivity contribution in [2.75, 3.05) is 0 Å². The van der Waals surface area contributed by atoms with Crippen LogP contribution in [-0.4, -0.2) is 0 Å². The van der Waals surface area contributed by atoms with Gasteiger partial charge in [-0.1, -0.05) is 24.3 Å². The summed E-state index contributed by atoms with van der Waals surface area (Å²) in [6.45, 7) is 0. The minimum absolute atomic E-state index is 0.617. The Labute approximate surface area is 65.7 Å². The molecule has 1 unspecified atom stereocenters. The first-order chi connectivity index (χ1) is 4.97. The molecule has 0 saturated carbocycles. The third kappa shape index (κ3) is 1.06. The van der Waals surface area contributed by atoms with Crippen LogP contribution in [0.5, 0.6) is 0 Å². The van der Waals surface area contributed by atoms with Gasteiger partial charge in [0.25, 0.3) is 0 Å². The molecule has 0 spiro atoms. The van der Waals surface area contributed by atoms with Gasteiger partial charge in [0.15, 0.2) is 0 Å². The Morgan fingerprint density at radius 2 is 2.50 bits per heavy atom. The lowest BCUT2D eigenvalue weighted by Crippen LogP contribution is -2.03. The minimum Gasteiger partial charge on any atom is -0.124 e. The van der Waals surface area contributed by atoms with E-state index in [2.05, 4.69) is 35.5 Å². The van der Waals surface area contributed by atoms with Gasteiger partial charge in [0.2, 0.25) is 0 Å². The zero-order valence-electron chi connectivity index (χ0n) is 5.58. The molecule has 0 aromatic rings. The first kappa shape index (κ1) is 6.29. The van der Waals surface area contributed by atoms with Crippen molar-refractivity contribution in [1.29, 1.82) is 0 Å². The molecule has 0 fully saturated rings. The summed E-state index contributed by atoms with van der Waals surface area (Å²) in [5.74, 6) is 3.86. The van der Waals surface area contributed by atoms with Crippen molar-refractivity contribution in [2.24, 2.45) is 5.92 Å². The summed E-state index contributed by atoms with van der Waals surface area (Å²) >= 11 is 1.68. The molecule has 0 bridgehead atoms. The van der Waals surface area contributed by atoms with E-state index in [0.717, 1.165) is 6.42 Å². The van der Waals surface area contributed by atoms with Crippen molar-refractivity contribution >= 4 is 11.8 Å². The molecule has 1 heterocycles. The van der Waals surface area contributed by atoms with Gasteiger partial charge in [-0.05, 0) is 17.4 Å². The van der Waals surface area contributed by atoms with Crippen LogP contribution in [0.4, 0.5) is 0 Å². The zero-order chi connectivity index (χ0) is 6.81. The second-order valence-corrected chi connectivity index (χ2v) is 3.19. The van der Waals surface area contributed by atoms with Gasteiger partial charge < -0.3 is 0 Å². The Morgan fingerprint density at radius 3 is 3.40 bits per heavy atom. The van der Waals surface area contributed by atoms with E-state index in [1.807, 2.05) is 0 Å². The maximum absolute atomic E-state index is 3.24. The largest absolute Gasteiger partial charge is 0.124 e. The fourth-order valence-corrected chi connectivity index (χ4v) is 1.91. The van der Waals surface area contributed by atoms with E-state index in [9.17, 15) is 0 Å². The van der Waals surface area contributed by atoms with Crippen molar-refractivity contribution in [3.05, 3.63) is 41.0 Å². The summed E-state index contributed by atoms with van der Waals surface area (Å²) in [4.78, 5) is 0. The Bertz CT molecular complexity index is 211. The van der Waals surface area contributed by atoms with Crippen LogP contribution in [0.15, 0.2) is 35.3 Å². The quantitative estimate of drug-likeness (QED) is 0.509. The smallest absolute Gasteiger partial charge is 0.0538 e. The van der Waals surface area contributed by atoms with E-state index in [1.165, 1.54) is 5.57 Å². The molecule has 0 amide bonds. The van der Waals surface area contributed by atoms with Gasteiger partial charge in [-0.15, -0.1) is 11.8 Å². The van der Waals surface area contributed by atoms with E-state index >= 15 is 0 Å². The highest BCUT2D eigenvalue weighted by Crippen LogP contribution is 2.33. The highest BCUT2D eigenvalue weighted by atomic mass is 32.2. The normalized spacial score (nSPS) is 29.6. The van der Waals surface area contributed by atoms with E-state index in [1.54, 1.807) is 11.8 Å². The number of hydrogen-bond acceptors (Lipinski definition) is 1. The fraction of sp³-hybridized carbons (Fsp3) is 0.222. The average molecular weight is 148 g/mol. The van der Waals surface area contributed by atoms with Gasteiger partial charge in [0.1, 0.15) is 0 Å². The molecule has 1 aliphatic carbocycles. The molecular weight excluding hydrogens is 140 g/mol. The Balaban J connectivity index is 2.27. The van der Waals surface area contributed by atoms with Crippen molar-refractivity contribution in [2.45, 2.75) is 6.42 Å². The molecule has 0 N–H and O–H groups in total. The van der Waals surface area contributed by atoms with Crippen molar-refractivity contribution < 1.29 is 0 Å². The first-order valence-corrected chi connectivity index (χ1v) is 4.28. The lowest BCUT2D eigenvalue weighted by Gasteiger charge is -2.19. The maximum Gasteiger partial charge on any atom is 0.0538 e. The molecule has 50 valence electrons. The second-order valence-electron chi connectivity index (χ2n) is 2.43. The van der Waals surface area contributed by atoms with Crippen LogP contribution in [0.3, 0.4) is 0 Å². The van der Waals surface area contributed by atoms with Gasteiger partial charge in [-0.3, -0.25) is 0 Å². The SMILES string of the molecule is [C]1CC2C=CC=CC2=CS1. The number of fused-ring (bicyclic) bond motifs is 1. The van der Waals surface area contributed by atoms with Gasteiger partial charge in [-0.2, -0.15) is 0 Å². The van der Waals surface area contributed by atoms with Crippen LogP contribution < -0.4 is 0 Å². The molecule has 1 aliphatic heterocycles. The summed E-state index contributed by atoms with van der Waals surface area (Å²) < 4.78 is 0. The minimum atomic E-state index is 0.617. The molecule has 1 heteroatoms. The van der Waals surface area contributed by atoms with Crippen LogP contribution >= 0.6 is 11.8 Å². The summed E-state index contributed by atoms with van der Waals surface area (Å²) in [7, 11) is 0. The monoisotopic (exact) mass is 148 g/mol. The van der Waals surface area contributed by atoms with E-state index in [0.29, 0.717) is 5.92 Å². The van der Waals surface area contributed by atoms with Crippen molar-refractivity contribution in [1.82, 2.24) is 0 Å². The van der Waals surface area contributed by atoms with Crippen LogP contribution in [0.1, 0.15) is 6.42 Å². The second kappa shape index (κ2) is 2.67. The fourth-order valence-electron chi connectivity index (χ4n) is 1.16. The summed E-state index contributed by atoms with van der Waals surface area (Å²) in [5.41, 5.74) is 1.44. The molecule has 0 aromatic carbocycles. The highest BCUT2D eigenvalue weighted by molar-refractivity contribution is 8.04. The lowest BCUT2D eigenvalue weighted by atomic mass is 9.93. The molecule has 2 radical (unpaired) electrons. The molecular formula is C9H8S. The molecule has 10 heavy (non-hydrogen) atoms. The predicted molar refractivity (Wildman–Crippen MR) is 45.3 cm³/mol. The number of hydrogen-bond donors (Lipinski definition) is 0. The van der Waals surface area contributed by atoms with Crippen LogP contribution in [0.25, 0.3) is 0 Å². The zero-order valence-corrected chi connectivity index (χ0v) is 6.40. The molecule has 0 nitrogen and oxygen atoms in total. The summed E-state index contributed by atoms with van der Waals surface area (Å²) in [6, 6.07) is 0. The molecule has 0 saturated heterocycles. The first-order valence-electron chi connectivity index (χ1n) is 3.40. The topological polar surface area (TPSA) is 0 Å². The molecule has 1 atom stereocenters. The average Bonchev–Trinajstić information content (AvgIpc) is 2.05. The number of allylic oxidation sites excluding steroid dienone is 5. The summed E-state index contributed by atoms with van der Waals surface area (Å²) in [5, 5.41) is 2.17. The van der Waals surface area contributed by atoms with Gasteiger partial charge >= 0.3 is 0 Å². The van der Waals surface area contributed by atoms with Crippen molar-refractivity contribution in [3.63, 3.8) is 0 Å².